The number of benzene rings is 1. The van der Waals surface area contributed by atoms with E-state index in [1.807, 2.05) is 0 Å². The van der Waals surface area contributed by atoms with Crippen molar-refractivity contribution in [2.75, 3.05) is 5.32 Å². The molecule has 3 N–H and O–H groups in total. The summed E-state index contributed by atoms with van der Waals surface area (Å²) in [4.78, 5) is 35.8. The molecule has 2 amide bonds. The van der Waals surface area contributed by atoms with Crippen LogP contribution in [0.5, 0.6) is 0 Å². The number of anilines is 1. The minimum absolute atomic E-state index is 0.102. The summed E-state index contributed by atoms with van der Waals surface area (Å²) in [5.74, 6) is -0.911. The van der Waals surface area contributed by atoms with E-state index in [1.54, 1.807) is 0 Å². The van der Waals surface area contributed by atoms with Crippen LogP contribution in [-0.2, 0) is 14.3 Å². The molecule has 126 valence electrons. The molecule has 11 nitrogen and oxygen atoms in total. The van der Waals surface area contributed by atoms with Crippen molar-refractivity contribution in [2.24, 2.45) is 5.73 Å². The van der Waals surface area contributed by atoms with E-state index in [0.29, 0.717) is 11.3 Å². The van der Waals surface area contributed by atoms with Gasteiger partial charge in [-0.25, -0.2) is 9.78 Å². The second kappa shape index (κ2) is 6.59. The largest absolute Gasteiger partial charge is 0.420 e. The number of nitrogens with two attached hydrogens (primary N) is 1. The number of rotatable bonds is 5. The van der Waals surface area contributed by atoms with Crippen LogP contribution in [0.4, 0.5) is 14.9 Å². The van der Waals surface area contributed by atoms with Crippen LogP contribution in [-0.4, -0.2) is 30.3 Å². The predicted octanol–water partition coefficient (Wildman–Crippen LogP) is 1.09. The lowest BCUT2D eigenvalue weighted by molar-refractivity contribution is -0.380. The van der Waals surface area contributed by atoms with E-state index in [4.69, 9.17) is 0 Å². The van der Waals surface area contributed by atoms with Crippen molar-refractivity contribution in [3.8, 4) is 0 Å². The molecule has 0 spiro atoms. The maximum Gasteiger partial charge on any atom is 0.420 e. The zero-order chi connectivity index (χ0) is 17.9. The number of nitrogens with zero attached hydrogens (tertiary/aromatic N) is 2. The van der Waals surface area contributed by atoms with Crippen molar-refractivity contribution in [3.05, 3.63) is 46.1 Å². The smallest absolute Gasteiger partial charge is 0.334 e. The first kappa shape index (κ1) is 17.3. The Labute approximate surface area is 138 Å². The Balaban J connectivity index is 2.33. The van der Waals surface area contributed by atoms with Crippen LogP contribution in [0.2, 0.25) is 0 Å². The third kappa shape index (κ3) is 3.82. The molecule has 2 rings (SSSR count). The average molecular weight is 372 g/mol. The van der Waals surface area contributed by atoms with Crippen molar-refractivity contribution in [1.29, 1.82) is 0 Å². The van der Waals surface area contributed by atoms with Gasteiger partial charge in [-0.2, -0.15) is 8.42 Å². The first-order valence-electron chi connectivity index (χ1n) is 5.95. The molecule has 0 saturated heterocycles. The monoisotopic (exact) mass is 372 g/mol. The SMILES string of the molecule is NC(=O)OS(=O)(=O)c1ccccc1C(=O)Nc1ncc([N+](=O)[O-])s1. The third-order valence-electron chi connectivity index (χ3n) is 2.49. The summed E-state index contributed by atoms with van der Waals surface area (Å²) in [7, 11) is -4.60. The number of hydrogen-bond acceptors (Lipinski definition) is 9. The van der Waals surface area contributed by atoms with Gasteiger partial charge in [0.05, 0.1) is 10.5 Å². The normalized spacial score (nSPS) is 10.8. The molecule has 13 heteroatoms. The lowest BCUT2D eigenvalue weighted by atomic mass is 10.2. The van der Waals surface area contributed by atoms with Crippen LogP contribution >= 0.6 is 11.3 Å². The fraction of sp³-hybridized carbons (Fsp3) is 0. The van der Waals surface area contributed by atoms with E-state index in [9.17, 15) is 28.1 Å². The van der Waals surface area contributed by atoms with Gasteiger partial charge in [-0.1, -0.05) is 12.1 Å². The first-order valence-corrected chi connectivity index (χ1v) is 8.17. The van der Waals surface area contributed by atoms with Gasteiger partial charge in [0.1, 0.15) is 11.1 Å². The molecule has 0 aliphatic carbocycles. The maximum atomic E-state index is 12.2. The topological polar surface area (TPSA) is 172 Å². The van der Waals surface area contributed by atoms with Crippen molar-refractivity contribution in [1.82, 2.24) is 4.98 Å². The van der Waals surface area contributed by atoms with E-state index in [2.05, 4.69) is 20.2 Å². The summed E-state index contributed by atoms with van der Waals surface area (Å²) in [5.41, 5.74) is 4.33. The Morgan fingerprint density at radius 3 is 2.58 bits per heavy atom. The van der Waals surface area contributed by atoms with Crippen LogP contribution in [0.1, 0.15) is 10.4 Å². The first-order chi connectivity index (χ1) is 11.2. The van der Waals surface area contributed by atoms with Gasteiger partial charge in [0.15, 0.2) is 5.13 Å². The van der Waals surface area contributed by atoms with Crippen molar-refractivity contribution >= 4 is 43.6 Å². The number of nitro groups is 1. The molecular weight excluding hydrogens is 364 g/mol. The van der Waals surface area contributed by atoms with Crippen LogP contribution in [0.25, 0.3) is 0 Å². The van der Waals surface area contributed by atoms with Crippen molar-refractivity contribution < 1.29 is 27.1 Å². The standard InChI is InChI=1S/C11H8N4O7S2/c12-10(17)22-24(20,21)7-4-2-1-3-6(7)9(16)14-11-13-5-8(23-11)15(18)19/h1-5H,(H2,12,17)(H,13,14,16). The van der Waals surface area contributed by atoms with E-state index >= 15 is 0 Å². The molecule has 1 aromatic heterocycles. The zero-order valence-electron chi connectivity index (χ0n) is 11.5. The quantitative estimate of drug-likeness (QED) is 0.446. The Morgan fingerprint density at radius 2 is 2.00 bits per heavy atom. The molecule has 0 radical (unpaired) electrons. The lowest BCUT2D eigenvalue weighted by Gasteiger charge is -2.08. The Kier molecular flexibility index (Phi) is 4.75. The predicted molar refractivity (Wildman–Crippen MR) is 81.0 cm³/mol. The van der Waals surface area contributed by atoms with Crippen molar-refractivity contribution in [3.63, 3.8) is 0 Å². The van der Waals surface area contributed by atoms with Gasteiger partial charge in [-0.3, -0.25) is 20.2 Å². The molecule has 0 aliphatic rings. The summed E-state index contributed by atoms with van der Waals surface area (Å²) < 4.78 is 27.8. The summed E-state index contributed by atoms with van der Waals surface area (Å²) in [6.45, 7) is 0. The van der Waals surface area contributed by atoms with E-state index in [0.717, 1.165) is 18.3 Å². The molecule has 0 saturated carbocycles. The highest BCUT2D eigenvalue weighted by Crippen LogP contribution is 2.26. The number of carbonyl (C=O) groups is 2. The summed E-state index contributed by atoms with van der Waals surface area (Å²) in [6.07, 6.45) is -0.611. The third-order valence-corrected chi connectivity index (χ3v) is 4.63. The minimum atomic E-state index is -4.60. The lowest BCUT2D eigenvalue weighted by Crippen LogP contribution is -2.22. The molecule has 0 aliphatic heterocycles. The number of thiazole rings is 1. The molecule has 0 atom stereocenters. The Morgan fingerprint density at radius 1 is 1.33 bits per heavy atom. The van der Waals surface area contributed by atoms with Gasteiger partial charge in [-0.15, -0.1) is 0 Å². The fourth-order valence-electron chi connectivity index (χ4n) is 1.60. The maximum absolute atomic E-state index is 12.2. The molecule has 0 fully saturated rings. The number of aromatic nitrogens is 1. The molecule has 1 heterocycles. The summed E-state index contributed by atoms with van der Waals surface area (Å²) >= 11 is 0.591. The zero-order valence-corrected chi connectivity index (χ0v) is 13.2. The van der Waals surface area contributed by atoms with Crippen molar-refractivity contribution in [2.45, 2.75) is 4.90 Å². The average Bonchev–Trinajstić information content (AvgIpc) is 2.94. The number of hydrogen-bond donors (Lipinski definition) is 2. The van der Waals surface area contributed by atoms with Gasteiger partial charge in [-0.05, 0) is 23.5 Å². The van der Waals surface area contributed by atoms with E-state index in [1.165, 1.54) is 12.1 Å². The van der Waals surface area contributed by atoms with Crippen LogP contribution in [0.3, 0.4) is 0 Å². The molecule has 0 bridgehead atoms. The highest BCUT2D eigenvalue weighted by Gasteiger charge is 2.26. The van der Waals surface area contributed by atoms with Gasteiger partial charge in [0, 0.05) is 0 Å². The molecule has 1 aromatic carbocycles. The Bertz CT molecular complexity index is 922. The van der Waals surface area contributed by atoms with Crippen LogP contribution < -0.4 is 11.1 Å². The molecule has 2 aromatic rings. The van der Waals surface area contributed by atoms with Gasteiger partial charge in [0.25, 0.3) is 5.91 Å². The summed E-state index contributed by atoms with van der Waals surface area (Å²) in [6, 6.07) is 4.89. The highest BCUT2D eigenvalue weighted by atomic mass is 32.2. The highest BCUT2D eigenvalue weighted by molar-refractivity contribution is 7.87. The fourth-order valence-corrected chi connectivity index (χ4v) is 3.21. The van der Waals surface area contributed by atoms with Crippen LogP contribution in [0, 0.1) is 10.1 Å². The number of carbonyl (C=O) groups excluding carboxylic acids is 2. The second-order valence-corrected chi connectivity index (χ2v) is 6.59. The minimum Gasteiger partial charge on any atom is -0.334 e. The number of nitrogens with one attached hydrogen (secondary N) is 1. The Hall–Kier alpha value is -3.06. The number of amides is 2. The number of primary amides is 1. The van der Waals surface area contributed by atoms with Gasteiger partial charge in [0.2, 0.25) is 0 Å². The van der Waals surface area contributed by atoms with Crippen LogP contribution in [0.15, 0.2) is 35.4 Å². The van der Waals surface area contributed by atoms with E-state index in [-0.39, 0.29) is 15.7 Å². The summed E-state index contributed by atoms with van der Waals surface area (Å²) in [5, 5.41) is 12.4. The van der Waals surface area contributed by atoms with E-state index < -0.39 is 31.9 Å². The molecular formula is C11H8N4O7S2. The molecule has 24 heavy (non-hydrogen) atoms. The molecule has 0 unspecified atom stereocenters. The van der Waals surface area contributed by atoms with Gasteiger partial charge >= 0.3 is 21.2 Å². The van der Waals surface area contributed by atoms with Gasteiger partial charge < -0.3 is 9.92 Å². The second-order valence-electron chi connectivity index (χ2n) is 4.07.